The summed E-state index contributed by atoms with van der Waals surface area (Å²) in [4.78, 5) is 133. The SMILES string of the molecule is COC(=O)/C=C1\CC2/C=C/C(C)(C)C3(O)OC(C/C(=C\C(=O)OC)C3OC=O)CC(C(C)O)OC(=O)CC(O)CC3CC(OC(=O)CCOC(=O)/C=C4\CC5/C=C/C(C)(C)C6(O)OC(C/C(=C\C(=O)OC)C6OC=O)CC(C(C)O)OC(=O)CC(O)CC6CC(OC(=O)C(C)(C)C)C(C)(C)C(O)(CC(C4)O5)O6)C(C)(C)C(O)(CC(C1)O2)O3. The van der Waals surface area contributed by atoms with Crippen LogP contribution in [0.25, 0.3) is 0 Å². The van der Waals surface area contributed by atoms with Crippen LogP contribution in [-0.2, 0) is 124 Å². The van der Waals surface area contributed by atoms with Crippen LogP contribution in [0.1, 0.15) is 199 Å². The minimum Gasteiger partial charge on any atom is -0.466 e. The molecule has 0 aromatic heterocycles. The van der Waals surface area contributed by atoms with Crippen LogP contribution in [0.5, 0.6) is 0 Å². The first-order valence-corrected chi connectivity index (χ1v) is 39.7. The zero-order valence-corrected chi connectivity index (χ0v) is 69.6. The zero-order chi connectivity index (χ0) is 86.9. The van der Waals surface area contributed by atoms with Crippen molar-refractivity contribution in [3.8, 4) is 0 Å². The summed E-state index contributed by atoms with van der Waals surface area (Å²) in [5.41, 5.74) is -6.42. The molecule has 0 aromatic rings. The van der Waals surface area contributed by atoms with Crippen LogP contribution >= 0.6 is 0 Å². The smallest absolute Gasteiger partial charge is 0.330 e. The summed E-state index contributed by atoms with van der Waals surface area (Å²) >= 11 is 0. The van der Waals surface area contributed by atoms with E-state index >= 15 is 0 Å². The number of hydrogen-bond acceptors (Lipinski definition) is 34. The van der Waals surface area contributed by atoms with Crippen LogP contribution in [0.15, 0.2) is 70.9 Å². The van der Waals surface area contributed by atoms with Gasteiger partial charge < -0.3 is 117 Å². The molecule has 8 N–H and O–H groups in total. The summed E-state index contributed by atoms with van der Waals surface area (Å²) < 4.78 is 94.8. The first kappa shape index (κ1) is 95.1. The van der Waals surface area contributed by atoms with Crippen LogP contribution in [0.3, 0.4) is 0 Å². The van der Waals surface area contributed by atoms with Crippen molar-refractivity contribution < 1.29 is 165 Å². The summed E-state index contributed by atoms with van der Waals surface area (Å²) in [5, 5.41) is 97.5. The van der Waals surface area contributed by atoms with E-state index in [1.54, 1.807) is 54.5 Å². The largest absolute Gasteiger partial charge is 0.466 e. The van der Waals surface area contributed by atoms with Gasteiger partial charge in [-0.3, -0.25) is 28.8 Å². The van der Waals surface area contributed by atoms with Gasteiger partial charge in [0.15, 0.2) is 23.8 Å². The monoisotopic (exact) mass is 1660 g/mol. The predicted molar refractivity (Wildman–Crippen MR) is 404 cm³/mol. The Balaban J connectivity index is 1.10. The van der Waals surface area contributed by atoms with E-state index in [1.165, 1.54) is 79.0 Å². The molecule has 6 fully saturated rings. The van der Waals surface area contributed by atoms with Gasteiger partial charge in [0.2, 0.25) is 11.6 Å². The average molecular weight is 1660 g/mol. The molecule has 117 heavy (non-hydrogen) atoms. The minimum atomic E-state index is -2.58. The third-order valence-electron chi connectivity index (χ3n) is 23.7. The molecule has 6 saturated heterocycles. The predicted octanol–water partition coefficient (Wildman–Crippen LogP) is 4.77. The quantitative estimate of drug-likeness (QED) is 0.0360. The fraction of sp³-hybridized carbons (Fsp3) is 0.735. The van der Waals surface area contributed by atoms with E-state index in [9.17, 15) is 88.8 Å². The maximum Gasteiger partial charge on any atom is 0.330 e. The van der Waals surface area contributed by atoms with Crippen molar-refractivity contribution in [1.29, 1.82) is 0 Å². The lowest BCUT2D eigenvalue weighted by Crippen LogP contribution is -2.62. The number of ether oxygens (including phenoxy) is 16. The average Bonchev–Trinajstić information content (AvgIpc) is 0.760. The molecule has 34 nitrogen and oxygen atoms in total. The second kappa shape index (κ2) is 38.5. The number of carbonyl (C=O) groups is 10. The number of aliphatic hydroxyl groups excluding tert-OH is 4. The summed E-state index contributed by atoms with van der Waals surface area (Å²) in [6.45, 7) is 19.6. The maximum atomic E-state index is 14.3. The van der Waals surface area contributed by atoms with Gasteiger partial charge in [-0.05, 0) is 84.3 Å². The van der Waals surface area contributed by atoms with E-state index in [2.05, 4.69) is 0 Å². The Morgan fingerprint density at radius 2 is 0.889 bits per heavy atom. The van der Waals surface area contributed by atoms with Gasteiger partial charge in [0.05, 0.1) is 130 Å². The van der Waals surface area contributed by atoms with Gasteiger partial charge in [-0.25, -0.2) is 19.2 Å². The Kier molecular flexibility index (Phi) is 31.3. The van der Waals surface area contributed by atoms with E-state index in [-0.39, 0.29) is 101 Å². The zero-order valence-electron chi connectivity index (χ0n) is 69.6. The lowest BCUT2D eigenvalue weighted by atomic mass is 9.70. The molecule has 0 radical (unpaired) electrons. The molecule has 34 heteroatoms. The van der Waals surface area contributed by atoms with Gasteiger partial charge in [0, 0.05) is 86.5 Å². The van der Waals surface area contributed by atoms with Gasteiger partial charge in [-0.1, -0.05) is 90.8 Å². The van der Waals surface area contributed by atoms with Gasteiger partial charge >= 0.3 is 47.8 Å². The minimum absolute atomic E-state index is 0.000926. The molecule has 12 bridgehead atoms. The number of carbonyl (C=O) groups excluding carboxylic acids is 10. The van der Waals surface area contributed by atoms with Gasteiger partial charge in [-0.15, -0.1) is 0 Å². The molecule has 22 unspecified atom stereocenters. The lowest BCUT2D eigenvalue weighted by Gasteiger charge is -2.54. The molecule has 0 aromatic carbocycles. The molecule has 8 aliphatic heterocycles. The van der Waals surface area contributed by atoms with E-state index < -0.39 is 247 Å². The van der Waals surface area contributed by atoms with Crippen molar-refractivity contribution in [2.24, 2.45) is 27.1 Å². The number of rotatable bonds is 15. The Bertz CT molecular complexity index is 3760. The van der Waals surface area contributed by atoms with Crippen LogP contribution in [0, 0.1) is 27.1 Å². The Hall–Kier alpha value is -7.42. The fourth-order valence-corrected chi connectivity index (χ4v) is 16.4. The summed E-state index contributed by atoms with van der Waals surface area (Å²) in [5.74, 6) is -16.7. The first-order chi connectivity index (χ1) is 54.4. The van der Waals surface area contributed by atoms with Crippen molar-refractivity contribution in [2.45, 2.75) is 332 Å². The number of fused-ring (bicyclic) bond motifs is 12. The van der Waals surface area contributed by atoms with E-state index in [1.807, 2.05) is 0 Å². The van der Waals surface area contributed by atoms with Crippen molar-refractivity contribution in [3.63, 3.8) is 0 Å². The first-order valence-electron chi connectivity index (χ1n) is 39.7. The van der Waals surface area contributed by atoms with Crippen LogP contribution < -0.4 is 0 Å². The molecular formula is C83H120O34. The number of hydrogen-bond donors (Lipinski definition) is 8. The summed E-state index contributed by atoms with van der Waals surface area (Å²) in [6, 6.07) is 0. The van der Waals surface area contributed by atoms with Gasteiger partial charge in [0.1, 0.15) is 31.0 Å². The highest BCUT2D eigenvalue weighted by Gasteiger charge is 2.63. The molecule has 0 spiro atoms. The van der Waals surface area contributed by atoms with Gasteiger partial charge in [0.25, 0.3) is 12.9 Å². The van der Waals surface area contributed by atoms with Crippen LogP contribution in [0.2, 0.25) is 0 Å². The van der Waals surface area contributed by atoms with E-state index in [0.29, 0.717) is 11.1 Å². The molecule has 0 amide bonds. The second-order valence-electron chi connectivity index (χ2n) is 35.3. The van der Waals surface area contributed by atoms with Crippen molar-refractivity contribution in [1.82, 2.24) is 0 Å². The highest BCUT2D eigenvalue weighted by Crippen LogP contribution is 2.54. The fourth-order valence-electron chi connectivity index (χ4n) is 16.4. The molecule has 8 aliphatic rings. The van der Waals surface area contributed by atoms with Crippen molar-refractivity contribution >= 4 is 60.7 Å². The highest BCUT2D eigenvalue weighted by atomic mass is 16.7. The molecule has 8 rings (SSSR count). The molecule has 8 heterocycles. The summed E-state index contributed by atoms with van der Waals surface area (Å²) in [7, 11) is 3.41. The molecular weight excluding hydrogens is 1540 g/mol. The Labute approximate surface area is 680 Å². The maximum absolute atomic E-state index is 14.3. The molecule has 0 aliphatic carbocycles. The normalized spacial score (nSPS) is 38.1. The number of esters is 8. The van der Waals surface area contributed by atoms with Crippen LogP contribution in [-0.4, -0.2) is 263 Å². The van der Waals surface area contributed by atoms with Crippen molar-refractivity contribution in [3.05, 3.63) is 70.9 Å². The lowest BCUT2D eigenvalue weighted by molar-refractivity contribution is -0.349. The Morgan fingerprint density at radius 1 is 0.504 bits per heavy atom. The topological polar surface area (TPSA) is 480 Å². The van der Waals surface area contributed by atoms with Crippen molar-refractivity contribution in [2.75, 3.05) is 27.9 Å². The molecule has 22 atom stereocenters. The highest BCUT2D eigenvalue weighted by molar-refractivity contribution is 5.85. The van der Waals surface area contributed by atoms with Gasteiger partial charge in [-0.2, -0.15) is 0 Å². The standard InChI is InChI=1S/C83H120O34/c1-45(86)61-37-55-29-49(31-67(92)103-15)72(106-43-84)82(100,116-55)76(6,7)20-17-53-23-47(27-66(91)102-14)25-59(108-53)41-80(98)78(10,11)63(39-57(114-80)33-51(88)35-70(95)110-61)112-65(90)19-22-105-69(94)28-48-24-54-18-21-77(8,9)83(101)73(107-44-85)50(32-68(93)104-16)30-56(117-83)38-62(46(2)87)111-71(96)36-52(89)34-58-40-64(113-74(97)75(3,4)5)79(12,13)81(99,115-58)42-60(26-48)109-54/h17-18,20-21,27-28,31-32,43-46,51-64,72-73,86-89,98-101H,19,22-26,29-30,33-42H2,1-16H3/b20-17+,21-18+,47-27+,48-28+,49-31+,50-32+. The number of cyclic esters (lactones) is 2. The van der Waals surface area contributed by atoms with E-state index in [0.717, 1.165) is 26.4 Å². The number of methoxy groups -OCH3 is 3. The number of aliphatic hydroxyl groups is 8. The molecule has 0 saturated carbocycles. The summed E-state index contributed by atoms with van der Waals surface area (Å²) in [6.07, 6.45) is -17.3. The van der Waals surface area contributed by atoms with E-state index in [4.69, 9.17) is 75.8 Å². The third-order valence-corrected chi connectivity index (χ3v) is 23.7. The Morgan fingerprint density at radius 3 is 1.26 bits per heavy atom. The molecule has 656 valence electrons. The third kappa shape index (κ3) is 23.2. The second-order valence-corrected chi connectivity index (χ2v) is 35.3. The van der Waals surface area contributed by atoms with Crippen LogP contribution in [0.4, 0.5) is 0 Å².